The number of nitrogens with one attached hydrogen (secondary N) is 1. The number of aliphatic hydroxyl groups excluding tert-OH is 1. The number of aryl methyl sites for hydroxylation is 1. The summed E-state index contributed by atoms with van der Waals surface area (Å²) in [4.78, 5) is 4.77. The summed E-state index contributed by atoms with van der Waals surface area (Å²) >= 11 is 0. The minimum atomic E-state index is -4.95. The Kier molecular flexibility index (Phi) is 6.02. The summed E-state index contributed by atoms with van der Waals surface area (Å²) in [5.74, 6) is 0.231. The van der Waals surface area contributed by atoms with Crippen molar-refractivity contribution in [3.05, 3.63) is 70.4 Å². The van der Waals surface area contributed by atoms with E-state index in [2.05, 4.69) is 25.2 Å². The molecule has 0 amide bonds. The van der Waals surface area contributed by atoms with E-state index in [4.69, 9.17) is 9.73 Å². The molecule has 182 valence electrons. The largest absolute Gasteiger partial charge is 0.478 e. The third-order valence-electron chi connectivity index (χ3n) is 6.51. The summed E-state index contributed by atoms with van der Waals surface area (Å²) < 4.78 is 46.4. The predicted octanol–water partition coefficient (Wildman–Crippen LogP) is 5.68. The van der Waals surface area contributed by atoms with Crippen molar-refractivity contribution in [3.63, 3.8) is 0 Å². The van der Waals surface area contributed by atoms with Gasteiger partial charge < -0.3 is 20.3 Å². The third kappa shape index (κ3) is 4.09. The molecule has 2 unspecified atom stereocenters. The quantitative estimate of drug-likeness (QED) is 0.395. The Balaban J connectivity index is 1.81. The lowest BCUT2D eigenvalue weighted by Crippen LogP contribution is -2.52. The molecular weight excluding hydrogens is 445 g/mol. The van der Waals surface area contributed by atoms with E-state index in [1.165, 1.54) is 6.07 Å². The summed E-state index contributed by atoms with van der Waals surface area (Å²) in [6.45, 7) is 8.25. The Hall–Kier alpha value is -2.84. The number of alkyl halides is 3. The third-order valence-corrected chi connectivity index (χ3v) is 6.51. The standard InChI is InChI=1S/C26H29F3N2O3/c1-5-34-23(31-20-8-6-7-19-21(20)24(3,4)14-15(2)30-19)17-10-9-16-11-12-25(33,26(27,28)29)22(32)18(16)13-17/h6-10,13-14,22,30,32-33H,5,11-12H2,1-4H3. The molecule has 2 aliphatic rings. The SMILES string of the molecule is CCOC(=Nc1cccc2c1C(C)(C)C=C(C)N2)c1ccc2c(c1)C(O)C(O)(C(F)(F)F)CC2. The fourth-order valence-electron chi connectivity index (χ4n) is 4.93. The smallest absolute Gasteiger partial charge is 0.420 e. The molecule has 0 saturated carbocycles. The van der Waals surface area contributed by atoms with Gasteiger partial charge in [0.05, 0.1) is 12.3 Å². The van der Waals surface area contributed by atoms with Gasteiger partial charge in [-0.1, -0.05) is 32.1 Å². The first kappa shape index (κ1) is 24.3. The van der Waals surface area contributed by atoms with Gasteiger partial charge >= 0.3 is 6.18 Å². The second-order valence-corrected chi connectivity index (χ2v) is 9.46. The molecule has 0 radical (unpaired) electrons. The molecule has 34 heavy (non-hydrogen) atoms. The monoisotopic (exact) mass is 474 g/mol. The van der Waals surface area contributed by atoms with Crippen LogP contribution in [0.2, 0.25) is 0 Å². The first-order valence-corrected chi connectivity index (χ1v) is 11.3. The molecule has 0 bridgehead atoms. The summed E-state index contributed by atoms with van der Waals surface area (Å²) in [5.41, 5.74) is 1.13. The highest BCUT2D eigenvalue weighted by Crippen LogP contribution is 2.47. The van der Waals surface area contributed by atoms with Crippen LogP contribution in [0.3, 0.4) is 0 Å². The zero-order valence-electron chi connectivity index (χ0n) is 19.6. The van der Waals surface area contributed by atoms with E-state index in [9.17, 15) is 23.4 Å². The number of halogens is 3. The van der Waals surface area contributed by atoms with Crippen molar-refractivity contribution in [3.8, 4) is 0 Å². The summed E-state index contributed by atoms with van der Waals surface area (Å²) in [5, 5.41) is 24.1. The van der Waals surface area contributed by atoms with Crippen molar-refractivity contribution < 1.29 is 28.1 Å². The van der Waals surface area contributed by atoms with E-state index >= 15 is 0 Å². The van der Waals surface area contributed by atoms with Crippen LogP contribution in [-0.4, -0.2) is 34.5 Å². The van der Waals surface area contributed by atoms with Crippen LogP contribution in [0.15, 0.2) is 53.2 Å². The Bertz CT molecular complexity index is 1170. The second-order valence-electron chi connectivity index (χ2n) is 9.46. The van der Waals surface area contributed by atoms with E-state index in [0.29, 0.717) is 23.4 Å². The lowest BCUT2D eigenvalue weighted by Gasteiger charge is -2.39. The zero-order chi connectivity index (χ0) is 24.9. The van der Waals surface area contributed by atoms with E-state index in [1.807, 2.05) is 25.1 Å². The van der Waals surface area contributed by atoms with E-state index < -0.39 is 24.3 Å². The molecule has 5 nitrogen and oxygen atoms in total. The van der Waals surface area contributed by atoms with Crippen LogP contribution in [0.5, 0.6) is 0 Å². The minimum Gasteiger partial charge on any atom is -0.478 e. The normalized spacial score (nSPS) is 24.0. The van der Waals surface area contributed by atoms with Gasteiger partial charge in [0.2, 0.25) is 5.90 Å². The van der Waals surface area contributed by atoms with Gasteiger partial charge in [0.25, 0.3) is 0 Å². The number of benzene rings is 2. The van der Waals surface area contributed by atoms with Crippen LogP contribution in [0.4, 0.5) is 24.5 Å². The van der Waals surface area contributed by atoms with Crippen molar-refractivity contribution in [1.29, 1.82) is 0 Å². The predicted molar refractivity (Wildman–Crippen MR) is 125 cm³/mol. The maximum atomic E-state index is 13.5. The molecule has 3 N–H and O–H groups in total. The number of aliphatic hydroxyl groups is 2. The molecule has 1 aliphatic heterocycles. The number of ether oxygens (including phenoxy) is 1. The molecule has 2 aromatic carbocycles. The number of rotatable bonds is 3. The van der Waals surface area contributed by atoms with E-state index in [-0.39, 0.29) is 23.3 Å². The molecule has 4 rings (SSSR count). The Morgan fingerprint density at radius 3 is 2.65 bits per heavy atom. The number of nitrogens with zero attached hydrogens (tertiary/aromatic N) is 1. The zero-order valence-corrected chi connectivity index (χ0v) is 19.6. The van der Waals surface area contributed by atoms with Gasteiger partial charge in [0, 0.05) is 27.9 Å². The maximum absolute atomic E-state index is 13.5. The average Bonchev–Trinajstić information content (AvgIpc) is 2.74. The van der Waals surface area contributed by atoms with Crippen molar-refractivity contribution in [1.82, 2.24) is 0 Å². The highest BCUT2D eigenvalue weighted by Gasteiger charge is 2.60. The van der Waals surface area contributed by atoms with Gasteiger partial charge in [-0.2, -0.15) is 13.2 Å². The molecule has 1 aliphatic carbocycles. The Labute approximate surface area is 197 Å². The molecule has 2 aromatic rings. The molecule has 2 atom stereocenters. The van der Waals surface area contributed by atoms with Crippen molar-refractivity contribution >= 4 is 17.3 Å². The van der Waals surface area contributed by atoms with Gasteiger partial charge in [0.15, 0.2) is 5.60 Å². The molecule has 0 fully saturated rings. The highest BCUT2D eigenvalue weighted by molar-refractivity contribution is 5.97. The lowest BCUT2D eigenvalue weighted by atomic mass is 9.77. The van der Waals surface area contributed by atoms with Gasteiger partial charge in [-0.05, 0) is 62.1 Å². The number of aliphatic imine (C=N–C) groups is 1. The first-order chi connectivity index (χ1) is 15.9. The lowest BCUT2D eigenvalue weighted by molar-refractivity contribution is -0.296. The van der Waals surface area contributed by atoms with Crippen molar-refractivity contribution in [2.75, 3.05) is 11.9 Å². The molecule has 0 aromatic heterocycles. The first-order valence-electron chi connectivity index (χ1n) is 11.3. The molecule has 1 heterocycles. The molecule has 8 heteroatoms. The summed E-state index contributed by atoms with van der Waals surface area (Å²) in [6, 6.07) is 10.5. The molecule has 0 spiro atoms. The number of fused-ring (bicyclic) bond motifs is 2. The van der Waals surface area contributed by atoms with Gasteiger partial charge in [0.1, 0.15) is 6.10 Å². The second kappa shape index (κ2) is 8.43. The van der Waals surface area contributed by atoms with E-state index in [1.54, 1.807) is 19.1 Å². The van der Waals surface area contributed by atoms with Gasteiger partial charge in [-0.15, -0.1) is 0 Å². The number of allylic oxidation sites excluding steroid dienone is 2. The van der Waals surface area contributed by atoms with E-state index in [0.717, 1.165) is 16.9 Å². The average molecular weight is 475 g/mol. The van der Waals surface area contributed by atoms with Gasteiger partial charge in [-0.3, -0.25) is 0 Å². The fraction of sp³-hybridized carbons (Fsp3) is 0.423. The summed E-state index contributed by atoms with van der Waals surface area (Å²) in [6.07, 6.45) is -5.53. The van der Waals surface area contributed by atoms with Crippen LogP contribution in [0.1, 0.15) is 62.5 Å². The fourth-order valence-corrected chi connectivity index (χ4v) is 4.93. The highest BCUT2D eigenvalue weighted by atomic mass is 19.4. The van der Waals surface area contributed by atoms with Crippen LogP contribution < -0.4 is 5.32 Å². The van der Waals surface area contributed by atoms with Crippen LogP contribution in [0.25, 0.3) is 0 Å². The number of hydrogen-bond donors (Lipinski definition) is 3. The van der Waals surface area contributed by atoms with Crippen molar-refractivity contribution in [2.45, 2.75) is 63.8 Å². The maximum Gasteiger partial charge on any atom is 0.420 e. The summed E-state index contributed by atoms with van der Waals surface area (Å²) in [7, 11) is 0. The Morgan fingerprint density at radius 1 is 1.24 bits per heavy atom. The Morgan fingerprint density at radius 2 is 1.97 bits per heavy atom. The van der Waals surface area contributed by atoms with Crippen LogP contribution in [-0.2, 0) is 16.6 Å². The van der Waals surface area contributed by atoms with Crippen molar-refractivity contribution in [2.24, 2.45) is 4.99 Å². The minimum absolute atomic E-state index is 0.00152. The number of anilines is 1. The van der Waals surface area contributed by atoms with Gasteiger partial charge in [-0.25, -0.2) is 4.99 Å². The van der Waals surface area contributed by atoms with Crippen LogP contribution in [0, 0.1) is 0 Å². The molecule has 0 saturated heterocycles. The number of hydrogen-bond acceptors (Lipinski definition) is 5. The topological polar surface area (TPSA) is 74.1 Å². The van der Waals surface area contributed by atoms with Crippen LogP contribution >= 0.6 is 0 Å². The molecular formula is C26H29F3N2O3.